The first kappa shape index (κ1) is 27.8. The summed E-state index contributed by atoms with van der Waals surface area (Å²) < 4.78 is 15.5. The average molecular weight is 589 g/mol. The van der Waals surface area contributed by atoms with Gasteiger partial charge in [-0.15, -0.1) is 5.10 Å². The van der Waals surface area contributed by atoms with Gasteiger partial charge < -0.3 is 10.6 Å². The standard InChI is InChI=1S/C33H26ClFN8/c1-2-29(21-6-4-3-5-7-21)40-31-23(18-36)19-38-33-27(31)16-25(17-28(33)34)39-32(22-8-10-24(35)11-9-22)30-20-43(42-41-30)26-12-14-37-15-13-26/h3-17,19-20,29,32,39H,2H2,1H3,(H,38,40). The first-order valence-corrected chi connectivity index (χ1v) is 14.1. The van der Waals surface area contributed by atoms with Crippen LogP contribution >= 0.6 is 11.6 Å². The fraction of sp³-hybridized carbons (Fsp3) is 0.121. The third-order valence-corrected chi connectivity index (χ3v) is 7.51. The number of fused-ring (bicyclic) bond motifs is 1. The van der Waals surface area contributed by atoms with E-state index in [1.807, 2.05) is 42.6 Å². The van der Waals surface area contributed by atoms with Crippen LogP contribution in [0.25, 0.3) is 16.6 Å². The van der Waals surface area contributed by atoms with Crippen molar-refractivity contribution in [2.45, 2.75) is 25.4 Å². The van der Waals surface area contributed by atoms with E-state index in [-0.39, 0.29) is 11.9 Å². The molecule has 2 unspecified atom stereocenters. The summed E-state index contributed by atoms with van der Waals surface area (Å²) in [7, 11) is 0. The maximum atomic E-state index is 13.9. The zero-order chi connectivity index (χ0) is 29.8. The third kappa shape index (κ3) is 5.87. The van der Waals surface area contributed by atoms with Crippen LogP contribution in [0, 0.1) is 17.1 Å². The summed E-state index contributed by atoms with van der Waals surface area (Å²) in [5.41, 5.74) is 5.58. The molecule has 6 aromatic rings. The van der Waals surface area contributed by atoms with Crippen molar-refractivity contribution in [1.82, 2.24) is 25.0 Å². The summed E-state index contributed by atoms with van der Waals surface area (Å²) in [5, 5.41) is 27.0. The molecule has 2 N–H and O–H groups in total. The Morgan fingerprint density at radius 2 is 1.74 bits per heavy atom. The zero-order valence-electron chi connectivity index (χ0n) is 23.1. The van der Waals surface area contributed by atoms with Crippen molar-refractivity contribution in [3.8, 4) is 11.8 Å². The Morgan fingerprint density at radius 3 is 2.47 bits per heavy atom. The molecule has 0 radical (unpaired) electrons. The molecule has 43 heavy (non-hydrogen) atoms. The molecule has 2 atom stereocenters. The van der Waals surface area contributed by atoms with Crippen molar-refractivity contribution in [3.63, 3.8) is 0 Å². The molecule has 0 amide bonds. The summed E-state index contributed by atoms with van der Waals surface area (Å²) in [6.45, 7) is 2.09. The summed E-state index contributed by atoms with van der Waals surface area (Å²) in [5.74, 6) is -0.341. The molecule has 0 aliphatic rings. The van der Waals surface area contributed by atoms with E-state index < -0.39 is 6.04 Å². The van der Waals surface area contributed by atoms with E-state index in [1.165, 1.54) is 12.1 Å². The number of halogens is 2. The fourth-order valence-electron chi connectivity index (χ4n) is 5.05. The molecular formula is C33H26ClFN8. The van der Waals surface area contributed by atoms with Crippen LogP contribution in [-0.4, -0.2) is 25.0 Å². The molecule has 0 aliphatic carbocycles. The van der Waals surface area contributed by atoms with Gasteiger partial charge >= 0.3 is 0 Å². The summed E-state index contributed by atoms with van der Waals surface area (Å²) in [6, 6.07) is 25.4. The van der Waals surface area contributed by atoms with Crippen molar-refractivity contribution in [3.05, 3.63) is 137 Å². The molecule has 8 nitrogen and oxygen atoms in total. The van der Waals surface area contributed by atoms with Crippen molar-refractivity contribution in [1.29, 1.82) is 5.26 Å². The Balaban J connectivity index is 1.43. The fourth-order valence-corrected chi connectivity index (χ4v) is 5.31. The number of pyridine rings is 2. The first-order chi connectivity index (χ1) is 21.0. The van der Waals surface area contributed by atoms with Crippen LogP contribution in [0.1, 0.15) is 47.8 Å². The summed E-state index contributed by atoms with van der Waals surface area (Å²) >= 11 is 6.80. The summed E-state index contributed by atoms with van der Waals surface area (Å²) in [4.78, 5) is 8.57. The number of nitriles is 1. The van der Waals surface area contributed by atoms with E-state index in [4.69, 9.17) is 11.6 Å². The second kappa shape index (κ2) is 12.3. The van der Waals surface area contributed by atoms with Gasteiger partial charge in [-0.05, 0) is 53.9 Å². The van der Waals surface area contributed by atoms with Crippen LogP contribution in [0.3, 0.4) is 0 Å². The molecule has 0 spiro atoms. The molecule has 0 bridgehead atoms. The lowest BCUT2D eigenvalue weighted by molar-refractivity contribution is 0.626. The highest BCUT2D eigenvalue weighted by molar-refractivity contribution is 6.35. The molecule has 3 aromatic heterocycles. The van der Waals surface area contributed by atoms with Crippen LogP contribution in [0.15, 0.2) is 104 Å². The van der Waals surface area contributed by atoms with E-state index in [0.29, 0.717) is 38.6 Å². The Morgan fingerprint density at radius 1 is 0.977 bits per heavy atom. The van der Waals surface area contributed by atoms with Crippen LogP contribution < -0.4 is 10.6 Å². The number of hydrogen-bond acceptors (Lipinski definition) is 7. The van der Waals surface area contributed by atoms with Crippen molar-refractivity contribution in [2.24, 2.45) is 0 Å². The van der Waals surface area contributed by atoms with Gasteiger partial charge in [0.1, 0.15) is 17.6 Å². The Labute approximate surface area is 252 Å². The Bertz CT molecular complexity index is 1900. The van der Waals surface area contributed by atoms with Gasteiger partial charge in [-0.25, -0.2) is 9.07 Å². The predicted molar refractivity (Wildman–Crippen MR) is 166 cm³/mol. The monoisotopic (exact) mass is 588 g/mol. The average Bonchev–Trinajstić information content (AvgIpc) is 3.54. The van der Waals surface area contributed by atoms with Crippen LogP contribution in [-0.2, 0) is 0 Å². The highest BCUT2D eigenvalue weighted by Crippen LogP contribution is 2.37. The van der Waals surface area contributed by atoms with Gasteiger partial charge in [0.05, 0.1) is 45.8 Å². The molecule has 0 saturated carbocycles. The molecule has 6 rings (SSSR count). The van der Waals surface area contributed by atoms with Gasteiger partial charge in [-0.3, -0.25) is 9.97 Å². The molecule has 3 aromatic carbocycles. The largest absolute Gasteiger partial charge is 0.377 e. The zero-order valence-corrected chi connectivity index (χ0v) is 23.9. The van der Waals surface area contributed by atoms with Crippen molar-refractivity contribution < 1.29 is 4.39 Å². The minimum atomic E-state index is -0.499. The first-order valence-electron chi connectivity index (χ1n) is 13.7. The number of nitrogens with zero attached hydrogens (tertiary/aromatic N) is 6. The topological polar surface area (TPSA) is 104 Å². The Kier molecular flexibility index (Phi) is 7.94. The van der Waals surface area contributed by atoms with Gasteiger partial charge in [0.2, 0.25) is 0 Å². The highest BCUT2D eigenvalue weighted by Gasteiger charge is 2.21. The lowest BCUT2D eigenvalue weighted by Gasteiger charge is -2.22. The lowest BCUT2D eigenvalue weighted by atomic mass is 10.0. The smallest absolute Gasteiger partial charge is 0.123 e. The van der Waals surface area contributed by atoms with Crippen LogP contribution in [0.2, 0.25) is 5.02 Å². The van der Waals surface area contributed by atoms with Crippen LogP contribution in [0.5, 0.6) is 0 Å². The molecule has 10 heteroatoms. The maximum Gasteiger partial charge on any atom is 0.123 e. The van der Waals surface area contributed by atoms with E-state index in [1.54, 1.807) is 41.5 Å². The summed E-state index contributed by atoms with van der Waals surface area (Å²) in [6.07, 6.45) is 7.51. The number of hydrogen-bond donors (Lipinski definition) is 2. The van der Waals surface area contributed by atoms with Crippen molar-refractivity contribution in [2.75, 3.05) is 10.6 Å². The van der Waals surface area contributed by atoms with E-state index in [0.717, 1.165) is 23.2 Å². The minimum Gasteiger partial charge on any atom is -0.377 e. The molecule has 0 aliphatic heterocycles. The molecular weight excluding hydrogens is 563 g/mol. The van der Waals surface area contributed by atoms with Gasteiger partial charge in [-0.2, -0.15) is 5.26 Å². The predicted octanol–water partition coefficient (Wildman–Crippen LogP) is 7.64. The number of rotatable bonds is 9. The number of nitrogens with one attached hydrogen (secondary N) is 2. The van der Waals surface area contributed by atoms with Crippen molar-refractivity contribution >= 4 is 33.9 Å². The van der Waals surface area contributed by atoms with Gasteiger partial charge in [0.25, 0.3) is 0 Å². The van der Waals surface area contributed by atoms with E-state index in [2.05, 4.69) is 56.0 Å². The third-order valence-electron chi connectivity index (χ3n) is 7.22. The highest BCUT2D eigenvalue weighted by atomic mass is 35.5. The molecule has 0 saturated heterocycles. The van der Waals surface area contributed by atoms with Gasteiger partial charge in [0.15, 0.2) is 0 Å². The quantitative estimate of drug-likeness (QED) is 0.179. The maximum absolute atomic E-state index is 13.9. The number of benzene rings is 3. The van der Waals surface area contributed by atoms with Gasteiger partial charge in [0, 0.05) is 29.7 Å². The SMILES string of the molecule is CCC(Nc1c(C#N)cnc2c(Cl)cc(NC(c3ccc(F)cc3)c3cn(-c4ccncc4)nn3)cc12)c1ccccc1. The van der Waals surface area contributed by atoms with Crippen LogP contribution in [0.4, 0.5) is 15.8 Å². The Hall–Kier alpha value is -5.33. The number of aromatic nitrogens is 5. The van der Waals surface area contributed by atoms with E-state index in [9.17, 15) is 9.65 Å². The molecule has 212 valence electrons. The lowest BCUT2D eigenvalue weighted by Crippen LogP contribution is -2.14. The minimum absolute atomic E-state index is 0.0375. The molecule has 3 heterocycles. The molecule has 0 fully saturated rings. The second-order valence-electron chi connectivity index (χ2n) is 9.95. The van der Waals surface area contributed by atoms with E-state index >= 15 is 0 Å². The number of anilines is 2. The van der Waals surface area contributed by atoms with Gasteiger partial charge in [-0.1, -0.05) is 66.2 Å². The second-order valence-corrected chi connectivity index (χ2v) is 10.4. The normalized spacial score (nSPS) is 12.4.